The van der Waals surface area contributed by atoms with E-state index in [4.69, 9.17) is 0 Å². The van der Waals surface area contributed by atoms with Crippen LogP contribution >= 0.6 is 0 Å². The molecule has 0 radical (unpaired) electrons. The minimum absolute atomic E-state index is 0.181. The molecular formula is C26H42N2O2. The molecule has 1 N–H and O–H groups in total. The minimum atomic E-state index is 0.181. The fraction of sp³-hybridized carbons (Fsp3) is 0.923. The largest absolute Gasteiger partial charge is 0.353 e. The number of nitrogens with zero attached hydrogens (tertiary/aromatic N) is 1. The summed E-state index contributed by atoms with van der Waals surface area (Å²) in [6.45, 7) is 11.5. The highest BCUT2D eigenvalue weighted by atomic mass is 16.2. The van der Waals surface area contributed by atoms with E-state index in [2.05, 4.69) is 37.9 Å². The van der Waals surface area contributed by atoms with Crippen molar-refractivity contribution in [2.24, 2.45) is 39.9 Å². The predicted molar refractivity (Wildman–Crippen MR) is 119 cm³/mol. The summed E-state index contributed by atoms with van der Waals surface area (Å²) in [5.41, 5.74) is 0.709. The zero-order valence-corrected chi connectivity index (χ0v) is 19.6. The van der Waals surface area contributed by atoms with E-state index in [0.717, 1.165) is 50.6 Å². The smallest absolute Gasteiger partial charge is 0.226 e. The monoisotopic (exact) mass is 414 g/mol. The highest BCUT2D eigenvalue weighted by Gasteiger charge is 2.61. The number of amides is 2. The van der Waals surface area contributed by atoms with Gasteiger partial charge in [0.15, 0.2) is 0 Å². The first-order valence-corrected chi connectivity index (χ1v) is 12.7. The van der Waals surface area contributed by atoms with Crippen LogP contribution in [0.1, 0.15) is 91.9 Å². The molecule has 2 amide bonds. The summed E-state index contributed by atoms with van der Waals surface area (Å²) >= 11 is 0. The van der Waals surface area contributed by atoms with Gasteiger partial charge < -0.3 is 10.2 Å². The van der Waals surface area contributed by atoms with Gasteiger partial charge >= 0.3 is 0 Å². The fourth-order valence-electron chi connectivity index (χ4n) is 8.94. The molecule has 0 aromatic heterocycles. The molecule has 2 heterocycles. The maximum atomic E-state index is 13.7. The van der Waals surface area contributed by atoms with E-state index in [1.54, 1.807) is 0 Å². The lowest BCUT2D eigenvalue weighted by Crippen LogP contribution is -2.61. The van der Waals surface area contributed by atoms with Gasteiger partial charge in [-0.25, -0.2) is 0 Å². The molecule has 0 aromatic carbocycles. The van der Waals surface area contributed by atoms with Crippen LogP contribution in [0.2, 0.25) is 0 Å². The Morgan fingerprint density at radius 3 is 2.47 bits per heavy atom. The van der Waals surface area contributed by atoms with E-state index >= 15 is 0 Å². The summed E-state index contributed by atoms with van der Waals surface area (Å²) in [7, 11) is 0. The molecule has 5 rings (SSSR count). The number of fused-ring (bicyclic) bond motifs is 5. The van der Waals surface area contributed by atoms with Crippen LogP contribution in [-0.2, 0) is 9.59 Å². The number of nitrogens with one attached hydrogen (secondary N) is 1. The summed E-state index contributed by atoms with van der Waals surface area (Å²) in [4.78, 5) is 28.0. The molecule has 2 saturated heterocycles. The zero-order chi connectivity index (χ0) is 21.3. The normalized spacial score (nSPS) is 47.7. The van der Waals surface area contributed by atoms with Gasteiger partial charge in [0, 0.05) is 31.5 Å². The Bertz CT molecular complexity index is 733. The summed E-state index contributed by atoms with van der Waals surface area (Å²) in [5.74, 6) is 3.12. The van der Waals surface area contributed by atoms with Crippen LogP contribution in [0.5, 0.6) is 0 Å². The highest BCUT2D eigenvalue weighted by molar-refractivity contribution is 5.80. The molecule has 168 valence electrons. The predicted octanol–water partition coefficient (Wildman–Crippen LogP) is 4.77. The number of carbonyl (C=O) groups is 2. The maximum Gasteiger partial charge on any atom is 0.226 e. The first kappa shape index (κ1) is 20.8. The second-order valence-electron chi connectivity index (χ2n) is 12.8. The van der Waals surface area contributed by atoms with Gasteiger partial charge in [0.05, 0.1) is 0 Å². The minimum Gasteiger partial charge on any atom is -0.353 e. The van der Waals surface area contributed by atoms with Gasteiger partial charge in [0.2, 0.25) is 11.8 Å². The average molecular weight is 415 g/mol. The lowest BCUT2D eigenvalue weighted by atomic mass is 9.47. The molecule has 0 aromatic rings. The number of hydrogen-bond donors (Lipinski definition) is 1. The van der Waals surface area contributed by atoms with Gasteiger partial charge in [0.25, 0.3) is 0 Å². The highest BCUT2D eigenvalue weighted by Crippen LogP contribution is 2.65. The van der Waals surface area contributed by atoms with Gasteiger partial charge in [0.1, 0.15) is 0 Å². The Hall–Kier alpha value is -1.06. The number of piperidine rings is 2. The van der Waals surface area contributed by atoms with Gasteiger partial charge in [-0.2, -0.15) is 0 Å². The van der Waals surface area contributed by atoms with Crippen molar-refractivity contribution in [2.45, 2.75) is 97.9 Å². The van der Waals surface area contributed by atoms with Crippen molar-refractivity contribution in [3.05, 3.63) is 0 Å². The zero-order valence-electron chi connectivity index (χ0n) is 19.6. The summed E-state index contributed by atoms with van der Waals surface area (Å²) in [6, 6.07) is 0.374. The van der Waals surface area contributed by atoms with Crippen molar-refractivity contribution >= 4 is 11.8 Å². The lowest BCUT2D eigenvalue weighted by molar-refractivity contribution is -0.150. The first-order chi connectivity index (χ1) is 14.1. The number of likely N-dealkylation sites (tertiary alicyclic amines) is 1. The number of rotatable bonds is 1. The molecule has 3 saturated carbocycles. The van der Waals surface area contributed by atoms with Crippen molar-refractivity contribution < 1.29 is 9.59 Å². The molecule has 7 atom stereocenters. The lowest BCUT2D eigenvalue weighted by Gasteiger charge is -2.60. The van der Waals surface area contributed by atoms with Crippen LogP contribution in [0.25, 0.3) is 0 Å². The quantitative estimate of drug-likeness (QED) is 0.672. The van der Waals surface area contributed by atoms with Crippen molar-refractivity contribution in [1.29, 1.82) is 0 Å². The van der Waals surface area contributed by atoms with Crippen LogP contribution in [0.4, 0.5) is 0 Å². The molecule has 0 bridgehead atoms. The third-order valence-electron chi connectivity index (χ3n) is 10.6. The molecule has 2 unspecified atom stereocenters. The van der Waals surface area contributed by atoms with Gasteiger partial charge in [-0.15, -0.1) is 0 Å². The standard InChI is InChI=1S/C26H42N2O2/c1-24(2)12-5-15-28(16-24)23(30)20-8-7-18-17-6-9-21-26(4,14-11-22(29)27-21)19(17)10-13-25(18,20)3/h17-21H,5-16H2,1-4H3,(H,27,29)/t17-,18-,19+,20?,21?,25-,26+/m0/s1. The van der Waals surface area contributed by atoms with E-state index in [9.17, 15) is 9.59 Å². The molecule has 30 heavy (non-hydrogen) atoms. The molecule has 4 heteroatoms. The van der Waals surface area contributed by atoms with E-state index in [-0.39, 0.29) is 28.1 Å². The van der Waals surface area contributed by atoms with Crippen LogP contribution in [0, 0.1) is 39.9 Å². The Balaban J connectivity index is 1.35. The van der Waals surface area contributed by atoms with Gasteiger partial charge in [-0.3, -0.25) is 9.59 Å². The average Bonchev–Trinajstić information content (AvgIpc) is 3.04. The first-order valence-electron chi connectivity index (χ1n) is 12.7. The van der Waals surface area contributed by atoms with Crippen LogP contribution in [0.15, 0.2) is 0 Å². The SMILES string of the molecule is CC1(C)CCCN(C(=O)C2CC[C@H]3[C@@H]4CCC5NC(=O)CC[C@]5(C)[C@@H]4CC[C@]23C)C1. The Morgan fingerprint density at radius 2 is 1.70 bits per heavy atom. The van der Waals surface area contributed by atoms with Gasteiger partial charge in [-0.1, -0.05) is 27.7 Å². The molecule has 0 spiro atoms. The number of hydrogen-bond acceptors (Lipinski definition) is 2. The molecule has 2 aliphatic heterocycles. The summed E-state index contributed by atoms with van der Waals surface area (Å²) in [6.07, 6.45) is 11.3. The number of carbonyl (C=O) groups excluding carboxylic acids is 2. The van der Waals surface area contributed by atoms with E-state index < -0.39 is 0 Å². The molecule has 3 aliphatic carbocycles. The third kappa shape index (κ3) is 3.06. The Morgan fingerprint density at radius 1 is 0.933 bits per heavy atom. The fourth-order valence-corrected chi connectivity index (χ4v) is 8.94. The molecule has 5 aliphatic rings. The second-order valence-corrected chi connectivity index (χ2v) is 12.8. The van der Waals surface area contributed by atoms with Crippen LogP contribution in [-0.4, -0.2) is 35.8 Å². The van der Waals surface area contributed by atoms with Crippen molar-refractivity contribution in [2.75, 3.05) is 13.1 Å². The molecular weight excluding hydrogens is 372 g/mol. The second kappa shape index (κ2) is 6.97. The van der Waals surface area contributed by atoms with E-state index in [1.807, 2.05) is 0 Å². The third-order valence-corrected chi connectivity index (χ3v) is 10.6. The summed E-state index contributed by atoms with van der Waals surface area (Å²) < 4.78 is 0. The topological polar surface area (TPSA) is 49.4 Å². The van der Waals surface area contributed by atoms with E-state index in [1.165, 1.54) is 32.1 Å². The van der Waals surface area contributed by atoms with Crippen molar-refractivity contribution in [3.63, 3.8) is 0 Å². The Labute approximate surface area is 182 Å². The molecule has 4 nitrogen and oxygen atoms in total. The Kier molecular flexibility index (Phi) is 4.84. The van der Waals surface area contributed by atoms with Crippen molar-refractivity contribution in [1.82, 2.24) is 10.2 Å². The van der Waals surface area contributed by atoms with Crippen LogP contribution in [0.3, 0.4) is 0 Å². The van der Waals surface area contributed by atoms with E-state index in [0.29, 0.717) is 24.3 Å². The maximum absolute atomic E-state index is 13.7. The van der Waals surface area contributed by atoms with Crippen LogP contribution < -0.4 is 5.32 Å². The molecule has 5 fully saturated rings. The summed E-state index contributed by atoms with van der Waals surface area (Å²) in [5, 5.41) is 3.34. The van der Waals surface area contributed by atoms with Gasteiger partial charge in [-0.05, 0) is 91.8 Å². The van der Waals surface area contributed by atoms with Crippen molar-refractivity contribution in [3.8, 4) is 0 Å².